The van der Waals surface area contributed by atoms with E-state index in [1.54, 1.807) is 19.1 Å². The zero-order chi connectivity index (χ0) is 14.5. The van der Waals surface area contributed by atoms with Crippen molar-refractivity contribution in [2.45, 2.75) is 6.92 Å². The zero-order valence-corrected chi connectivity index (χ0v) is 11.1. The Kier molecular flexibility index (Phi) is 4.20. The van der Waals surface area contributed by atoms with Gasteiger partial charge in [0.2, 0.25) is 0 Å². The van der Waals surface area contributed by atoms with Crippen molar-refractivity contribution < 1.29 is 19.4 Å². The Bertz CT molecular complexity index is 651. The first-order chi connectivity index (χ1) is 9.61. The minimum absolute atomic E-state index is 0.0491. The summed E-state index contributed by atoms with van der Waals surface area (Å²) in [6.45, 7) is 2.11. The summed E-state index contributed by atoms with van der Waals surface area (Å²) in [4.78, 5) is 22.6. The number of carbonyl (C=O) groups is 2. The number of carbonyl (C=O) groups excluding carboxylic acids is 1. The van der Waals surface area contributed by atoms with Gasteiger partial charge in [0.15, 0.2) is 6.61 Å². The molecule has 2 aromatic carbocycles. The van der Waals surface area contributed by atoms with Crippen LogP contribution in [0.15, 0.2) is 36.4 Å². The molecule has 0 aromatic heterocycles. The number of amides is 1. The maximum atomic E-state index is 11.4. The van der Waals surface area contributed by atoms with Gasteiger partial charge in [-0.25, -0.2) is 4.79 Å². The first-order valence-corrected chi connectivity index (χ1v) is 6.27. The second-order valence-corrected chi connectivity index (χ2v) is 4.24. The van der Waals surface area contributed by atoms with Gasteiger partial charge in [0.1, 0.15) is 11.3 Å². The molecule has 2 rings (SSSR count). The third kappa shape index (κ3) is 3.06. The molecule has 0 atom stereocenters. The van der Waals surface area contributed by atoms with E-state index in [0.717, 1.165) is 10.8 Å². The van der Waals surface area contributed by atoms with E-state index in [0.29, 0.717) is 6.54 Å². The number of nitrogens with one attached hydrogen (secondary N) is 1. The van der Waals surface area contributed by atoms with Crippen LogP contribution in [-0.2, 0) is 4.79 Å². The number of rotatable bonds is 5. The molecule has 0 bridgehead atoms. The topological polar surface area (TPSA) is 75.6 Å². The molecule has 5 heteroatoms. The maximum Gasteiger partial charge on any atom is 0.339 e. The molecule has 0 aliphatic carbocycles. The van der Waals surface area contributed by atoms with Gasteiger partial charge >= 0.3 is 5.97 Å². The third-order valence-corrected chi connectivity index (χ3v) is 2.81. The van der Waals surface area contributed by atoms with Gasteiger partial charge in [-0.05, 0) is 29.8 Å². The van der Waals surface area contributed by atoms with Gasteiger partial charge in [-0.15, -0.1) is 0 Å². The number of ether oxygens (including phenoxy) is 1. The van der Waals surface area contributed by atoms with Crippen LogP contribution in [0.5, 0.6) is 5.75 Å². The van der Waals surface area contributed by atoms with E-state index < -0.39 is 5.97 Å². The van der Waals surface area contributed by atoms with Crippen molar-refractivity contribution in [2.75, 3.05) is 13.2 Å². The quantitative estimate of drug-likeness (QED) is 0.874. The van der Waals surface area contributed by atoms with Gasteiger partial charge in [0, 0.05) is 6.54 Å². The first-order valence-electron chi connectivity index (χ1n) is 6.27. The van der Waals surface area contributed by atoms with E-state index in [-0.39, 0.29) is 23.8 Å². The Morgan fingerprint density at radius 2 is 1.85 bits per heavy atom. The molecule has 1 amide bonds. The van der Waals surface area contributed by atoms with E-state index in [1.807, 2.05) is 24.3 Å². The molecule has 2 N–H and O–H groups in total. The molecule has 0 radical (unpaired) electrons. The SMILES string of the molecule is CCNC(=O)COc1cc2ccccc2cc1C(=O)O. The van der Waals surface area contributed by atoms with Crippen molar-refractivity contribution in [3.05, 3.63) is 42.0 Å². The molecular weight excluding hydrogens is 258 g/mol. The lowest BCUT2D eigenvalue weighted by Gasteiger charge is -2.10. The Labute approximate surface area is 116 Å². The number of benzene rings is 2. The minimum atomic E-state index is -1.08. The number of fused-ring (bicyclic) bond motifs is 1. The van der Waals surface area contributed by atoms with Crippen molar-refractivity contribution in [1.29, 1.82) is 0 Å². The van der Waals surface area contributed by atoms with Gasteiger partial charge in [-0.1, -0.05) is 24.3 Å². The molecular formula is C15H15NO4. The predicted molar refractivity (Wildman–Crippen MR) is 75.1 cm³/mol. The molecule has 2 aromatic rings. The number of hydrogen-bond acceptors (Lipinski definition) is 3. The van der Waals surface area contributed by atoms with E-state index in [4.69, 9.17) is 4.74 Å². The van der Waals surface area contributed by atoms with Crippen LogP contribution in [0.25, 0.3) is 10.8 Å². The summed E-state index contributed by atoms with van der Waals surface area (Å²) >= 11 is 0. The summed E-state index contributed by atoms with van der Waals surface area (Å²) in [7, 11) is 0. The minimum Gasteiger partial charge on any atom is -0.483 e. The Morgan fingerprint density at radius 3 is 2.45 bits per heavy atom. The first kappa shape index (κ1) is 13.9. The van der Waals surface area contributed by atoms with Crippen LogP contribution in [0.3, 0.4) is 0 Å². The third-order valence-electron chi connectivity index (χ3n) is 2.81. The number of hydrogen-bond donors (Lipinski definition) is 2. The zero-order valence-electron chi connectivity index (χ0n) is 11.1. The number of carboxylic acids is 1. The van der Waals surface area contributed by atoms with E-state index in [1.165, 1.54) is 0 Å². The summed E-state index contributed by atoms with van der Waals surface area (Å²) in [6, 6.07) is 10.6. The Balaban J connectivity index is 2.32. The fraction of sp³-hybridized carbons (Fsp3) is 0.200. The fourth-order valence-electron chi connectivity index (χ4n) is 1.90. The summed E-state index contributed by atoms with van der Waals surface area (Å²) < 4.78 is 5.33. The van der Waals surface area contributed by atoms with Crippen molar-refractivity contribution in [3.63, 3.8) is 0 Å². The van der Waals surface area contributed by atoms with Gasteiger partial charge in [-0.2, -0.15) is 0 Å². The normalized spacial score (nSPS) is 10.2. The maximum absolute atomic E-state index is 11.4. The van der Waals surface area contributed by atoms with Crippen molar-refractivity contribution in [2.24, 2.45) is 0 Å². The molecule has 0 fully saturated rings. The molecule has 0 heterocycles. The van der Waals surface area contributed by atoms with E-state index >= 15 is 0 Å². The average molecular weight is 273 g/mol. The molecule has 5 nitrogen and oxygen atoms in total. The summed E-state index contributed by atoms with van der Waals surface area (Å²) in [5, 5.41) is 13.5. The monoisotopic (exact) mass is 273 g/mol. The lowest BCUT2D eigenvalue weighted by atomic mass is 10.1. The van der Waals surface area contributed by atoms with Gasteiger partial charge < -0.3 is 15.2 Å². The summed E-state index contributed by atoms with van der Waals surface area (Å²) in [6.07, 6.45) is 0. The average Bonchev–Trinajstić information content (AvgIpc) is 2.44. The Morgan fingerprint density at radius 1 is 1.20 bits per heavy atom. The largest absolute Gasteiger partial charge is 0.483 e. The summed E-state index contributed by atoms with van der Waals surface area (Å²) in [5.74, 6) is -1.17. The van der Waals surface area contributed by atoms with Crippen LogP contribution in [-0.4, -0.2) is 30.1 Å². The molecule has 104 valence electrons. The van der Waals surface area contributed by atoms with Crippen LogP contribution in [0.2, 0.25) is 0 Å². The van der Waals surface area contributed by atoms with Gasteiger partial charge in [0.25, 0.3) is 5.91 Å². The smallest absolute Gasteiger partial charge is 0.339 e. The Hall–Kier alpha value is -2.56. The molecule has 0 saturated carbocycles. The van der Waals surface area contributed by atoms with Crippen molar-refractivity contribution in [1.82, 2.24) is 5.32 Å². The number of likely N-dealkylation sites (N-methyl/N-ethyl adjacent to an activating group) is 1. The van der Waals surface area contributed by atoms with Crippen LogP contribution in [0.4, 0.5) is 0 Å². The molecule has 0 aliphatic rings. The highest BCUT2D eigenvalue weighted by atomic mass is 16.5. The van der Waals surface area contributed by atoms with Crippen molar-refractivity contribution in [3.8, 4) is 5.75 Å². The predicted octanol–water partition coefficient (Wildman–Crippen LogP) is 2.05. The van der Waals surface area contributed by atoms with Crippen LogP contribution < -0.4 is 10.1 Å². The van der Waals surface area contributed by atoms with E-state index in [9.17, 15) is 14.7 Å². The molecule has 20 heavy (non-hydrogen) atoms. The highest BCUT2D eigenvalue weighted by molar-refractivity contribution is 5.97. The van der Waals surface area contributed by atoms with E-state index in [2.05, 4.69) is 5.32 Å². The number of carboxylic acid groups (broad SMARTS) is 1. The molecule has 0 unspecified atom stereocenters. The highest BCUT2D eigenvalue weighted by Crippen LogP contribution is 2.26. The van der Waals surface area contributed by atoms with Crippen molar-refractivity contribution >= 4 is 22.6 Å². The van der Waals surface area contributed by atoms with Crippen LogP contribution in [0.1, 0.15) is 17.3 Å². The molecule has 0 saturated heterocycles. The standard InChI is InChI=1S/C15H15NO4/c1-2-16-14(17)9-20-13-8-11-6-4-3-5-10(11)7-12(13)15(18)19/h3-8H,2,9H2,1H3,(H,16,17)(H,18,19). The summed E-state index contributed by atoms with van der Waals surface area (Å²) in [5.41, 5.74) is 0.0491. The number of aromatic carboxylic acids is 1. The lowest BCUT2D eigenvalue weighted by molar-refractivity contribution is -0.123. The van der Waals surface area contributed by atoms with Crippen LogP contribution >= 0.6 is 0 Å². The second-order valence-electron chi connectivity index (χ2n) is 4.24. The molecule has 0 aliphatic heterocycles. The highest BCUT2D eigenvalue weighted by Gasteiger charge is 2.14. The van der Waals surface area contributed by atoms with Gasteiger partial charge in [0.05, 0.1) is 0 Å². The van der Waals surface area contributed by atoms with Gasteiger partial charge in [-0.3, -0.25) is 4.79 Å². The fourth-order valence-corrected chi connectivity index (χ4v) is 1.90. The second kappa shape index (κ2) is 6.06. The van der Waals surface area contributed by atoms with Crippen LogP contribution in [0, 0.1) is 0 Å². The lowest BCUT2D eigenvalue weighted by Crippen LogP contribution is -2.28. The molecule has 0 spiro atoms.